The van der Waals surface area contributed by atoms with Crippen LogP contribution in [0.1, 0.15) is 30.9 Å². The van der Waals surface area contributed by atoms with Gasteiger partial charge in [-0.1, -0.05) is 31.2 Å². The van der Waals surface area contributed by atoms with Gasteiger partial charge in [0, 0.05) is 33.4 Å². The number of benzene rings is 1. The predicted octanol–water partition coefficient (Wildman–Crippen LogP) is 2.11. The molecule has 1 aliphatic heterocycles. The Labute approximate surface area is 139 Å². The van der Waals surface area contributed by atoms with Crippen molar-refractivity contribution in [2.45, 2.75) is 38.8 Å². The monoisotopic (exact) mass is 319 g/mol. The Morgan fingerprint density at radius 3 is 2.83 bits per heavy atom. The van der Waals surface area contributed by atoms with Crippen LogP contribution in [0.3, 0.4) is 0 Å². The highest BCUT2D eigenvalue weighted by Crippen LogP contribution is 2.09. The molecule has 0 saturated carbocycles. The van der Waals surface area contributed by atoms with Gasteiger partial charge in [-0.25, -0.2) is 0 Å². The van der Waals surface area contributed by atoms with Gasteiger partial charge in [-0.05, 0) is 30.4 Å². The maximum atomic E-state index is 5.75. The summed E-state index contributed by atoms with van der Waals surface area (Å²) in [5.41, 5.74) is 2.70. The van der Waals surface area contributed by atoms with Crippen LogP contribution in [0.2, 0.25) is 0 Å². The van der Waals surface area contributed by atoms with Gasteiger partial charge in [0.05, 0.1) is 12.7 Å². The summed E-state index contributed by atoms with van der Waals surface area (Å²) in [6, 6.07) is 8.51. The van der Waals surface area contributed by atoms with E-state index >= 15 is 0 Å². The summed E-state index contributed by atoms with van der Waals surface area (Å²) in [5.74, 6) is 0.833. The first-order valence-electron chi connectivity index (χ1n) is 8.54. The van der Waals surface area contributed by atoms with Crippen molar-refractivity contribution in [3.63, 3.8) is 0 Å². The molecule has 1 aromatic rings. The molecular formula is C18H29N3O2. The third kappa shape index (κ3) is 6.20. The lowest BCUT2D eigenvalue weighted by Gasteiger charge is -2.14. The fourth-order valence-corrected chi connectivity index (χ4v) is 2.65. The molecular weight excluding hydrogens is 290 g/mol. The number of aryl methyl sites for hydroxylation is 1. The molecule has 23 heavy (non-hydrogen) atoms. The Bertz CT molecular complexity index is 485. The van der Waals surface area contributed by atoms with Crippen LogP contribution in [0, 0.1) is 0 Å². The highest BCUT2D eigenvalue weighted by molar-refractivity contribution is 5.79. The predicted molar refractivity (Wildman–Crippen MR) is 93.8 cm³/mol. The van der Waals surface area contributed by atoms with Crippen molar-refractivity contribution in [1.29, 1.82) is 0 Å². The molecule has 0 radical (unpaired) electrons. The lowest BCUT2D eigenvalue weighted by Crippen LogP contribution is -2.37. The molecule has 128 valence electrons. The molecule has 0 aromatic heterocycles. The minimum absolute atomic E-state index is 0.290. The summed E-state index contributed by atoms with van der Waals surface area (Å²) in [7, 11) is 1.80. The van der Waals surface area contributed by atoms with E-state index in [0.717, 1.165) is 58.1 Å². The molecule has 2 rings (SSSR count). The van der Waals surface area contributed by atoms with E-state index in [-0.39, 0.29) is 6.10 Å². The zero-order chi connectivity index (χ0) is 16.3. The molecule has 0 aliphatic carbocycles. The topological polar surface area (TPSA) is 54.9 Å². The van der Waals surface area contributed by atoms with Gasteiger partial charge in [0.15, 0.2) is 5.96 Å². The van der Waals surface area contributed by atoms with Crippen LogP contribution in [0.5, 0.6) is 0 Å². The molecule has 1 atom stereocenters. The zero-order valence-corrected chi connectivity index (χ0v) is 14.3. The summed E-state index contributed by atoms with van der Waals surface area (Å²) >= 11 is 0. The minimum atomic E-state index is 0.290. The van der Waals surface area contributed by atoms with E-state index in [1.54, 1.807) is 7.05 Å². The zero-order valence-electron chi connectivity index (χ0n) is 14.3. The van der Waals surface area contributed by atoms with Gasteiger partial charge >= 0.3 is 0 Å². The van der Waals surface area contributed by atoms with Crippen molar-refractivity contribution >= 4 is 5.96 Å². The number of rotatable bonds is 8. The summed E-state index contributed by atoms with van der Waals surface area (Å²) in [4.78, 5) is 4.27. The van der Waals surface area contributed by atoms with Gasteiger partial charge in [0.1, 0.15) is 0 Å². The van der Waals surface area contributed by atoms with Crippen molar-refractivity contribution in [3.05, 3.63) is 35.4 Å². The third-order valence-electron chi connectivity index (χ3n) is 4.02. The van der Waals surface area contributed by atoms with E-state index in [0.29, 0.717) is 0 Å². The summed E-state index contributed by atoms with van der Waals surface area (Å²) in [5, 5.41) is 6.70. The molecule has 1 aliphatic rings. The Balaban J connectivity index is 1.63. The molecule has 2 N–H and O–H groups in total. The molecule has 5 heteroatoms. The Hall–Kier alpha value is -1.59. The summed E-state index contributed by atoms with van der Waals surface area (Å²) < 4.78 is 11.0. The standard InChI is InChI=1S/C18H29N3O2/c1-3-15-7-4-5-8-16(15)13-21-18(19-2)20-10-6-11-23-17-9-12-22-14-17/h4-5,7-8,17H,3,6,9-14H2,1-2H3,(H2,19,20,21). The molecule has 0 bridgehead atoms. The molecule has 0 spiro atoms. The first-order valence-corrected chi connectivity index (χ1v) is 8.54. The quantitative estimate of drug-likeness (QED) is 0.438. The Kier molecular flexibility index (Phi) is 7.90. The normalized spacial score (nSPS) is 18.2. The van der Waals surface area contributed by atoms with E-state index < -0.39 is 0 Å². The number of nitrogens with one attached hydrogen (secondary N) is 2. The number of hydrogen-bond donors (Lipinski definition) is 2. The fourth-order valence-electron chi connectivity index (χ4n) is 2.65. The summed E-state index contributed by atoms with van der Waals surface area (Å²) in [6.45, 7) is 6.16. The van der Waals surface area contributed by atoms with Gasteiger partial charge in [-0.3, -0.25) is 4.99 Å². The van der Waals surface area contributed by atoms with E-state index in [1.807, 2.05) is 0 Å². The largest absolute Gasteiger partial charge is 0.379 e. The van der Waals surface area contributed by atoms with Gasteiger partial charge in [-0.2, -0.15) is 0 Å². The highest BCUT2D eigenvalue weighted by Gasteiger charge is 2.15. The summed E-state index contributed by atoms with van der Waals surface area (Å²) in [6.07, 6.45) is 3.32. The Morgan fingerprint density at radius 2 is 2.13 bits per heavy atom. The van der Waals surface area contributed by atoms with Crippen molar-refractivity contribution in [3.8, 4) is 0 Å². The first-order chi connectivity index (χ1) is 11.3. The van der Waals surface area contributed by atoms with Crippen LogP contribution in [0.4, 0.5) is 0 Å². The number of ether oxygens (including phenoxy) is 2. The minimum Gasteiger partial charge on any atom is -0.379 e. The average Bonchev–Trinajstić information content (AvgIpc) is 3.11. The smallest absolute Gasteiger partial charge is 0.191 e. The molecule has 5 nitrogen and oxygen atoms in total. The molecule has 1 heterocycles. The van der Waals surface area contributed by atoms with Gasteiger partial charge in [-0.15, -0.1) is 0 Å². The number of hydrogen-bond acceptors (Lipinski definition) is 3. The van der Waals surface area contributed by atoms with E-state index in [1.165, 1.54) is 11.1 Å². The van der Waals surface area contributed by atoms with Crippen LogP contribution < -0.4 is 10.6 Å². The lowest BCUT2D eigenvalue weighted by molar-refractivity contribution is 0.0420. The molecule has 1 unspecified atom stereocenters. The van der Waals surface area contributed by atoms with Crippen molar-refractivity contribution in [2.75, 3.05) is 33.4 Å². The van der Waals surface area contributed by atoms with Gasteiger partial charge in [0.2, 0.25) is 0 Å². The molecule has 1 saturated heterocycles. The van der Waals surface area contributed by atoms with E-state index in [4.69, 9.17) is 9.47 Å². The maximum absolute atomic E-state index is 5.75. The second-order valence-electron chi connectivity index (χ2n) is 5.68. The number of aliphatic imine (C=N–C) groups is 1. The molecule has 0 amide bonds. The Morgan fingerprint density at radius 1 is 1.30 bits per heavy atom. The second-order valence-corrected chi connectivity index (χ2v) is 5.68. The number of nitrogens with zero attached hydrogens (tertiary/aromatic N) is 1. The fraction of sp³-hybridized carbons (Fsp3) is 0.611. The van der Waals surface area contributed by atoms with Crippen molar-refractivity contribution in [1.82, 2.24) is 10.6 Å². The van der Waals surface area contributed by atoms with Crippen LogP contribution in [0.25, 0.3) is 0 Å². The molecule has 1 aromatic carbocycles. The van der Waals surface area contributed by atoms with Gasteiger partial charge in [0.25, 0.3) is 0 Å². The third-order valence-corrected chi connectivity index (χ3v) is 4.02. The highest BCUT2D eigenvalue weighted by atomic mass is 16.5. The maximum Gasteiger partial charge on any atom is 0.191 e. The second kappa shape index (κ2) is 10.2. The average molecular weight is 319 g/mol. The SMILES string of the molecule is CCc1ccccc1CNC(=NC)NCCCOC1CCOC1. The first kappa shape index (κ1) is 17.8. The van der Waals surface area contributed by atoms with Crippen LogP contribution in [-0.2, 0) is 22.4 Å². The van der Waals surface area contributed by atoms with Crippen molar-refractivity contribution in [2.24, 2.45) is 4.99 Å². The van der Waals surface area contributed by atoms with Crippen LogP contribution in [-0.4, -0.2) is 45.5 Å². The van der Waals surface area contributed by atoms with Crippen LogP contribution in [0.15, 0.2) is 29.3 Å². The lowest BCUT2D eigenvalue weighted by atomic mass is 10.1. The van der Waals surface area contributed by atoms with E-state index in [9.17, 15) is 0 Å². The van der Waals surface area contributed by atoms with E-state index in [2.05, 4.69) is 46.8 Å². The molecule has 1 fully saturated rings. The van der Waals surface area contributed by atoms with Crippen molar-refractivity contribution < 1.29 is 9.47 Å². The van der Waals surface area contributed by atoms with Crippen LogP contribution >= 0.6 is 0 Å². The number of guanidine groups is 1. The van der Waals surface area contributed by atoms with Gasteiger partial charge < -0.3 is 20.1 Å².